The molecule has 0 spiro atoms. The van der Waals surface area contributed by atoms with E-state index in [-0.39, 0.29) is 16.8 Å². The summed E-state index contributed by atoms with van der Waals surface area (Å²) < 4.78 is 22.1. The summed E-state index contributed by atoms with van der Waals surface area (Å²) in [6.45, 7) is 3.38. The first kappa shape index (κ1) is 14.0. The van der Waals surface area contributed by atoms with Crippen molar-refractivity contribution in [1.29, 1.82) is 0 Å². The van der Waals surface area contributed by atoms with Crippen LogP contribution in [0.25, 0.3) is 0 Å². The predicted molar refractivity (Wildman–Crippen MR) is 66.3 cm³/mol. The van der Waals surface area contributed by atoms with Gasteiger partial charge in [-0.2, -0.15) is 0 Å². The summed E-state index contributed by atoms with van der Waals surface area (Å²) in [6.07, 6.45) is 0.729. The monoisotopic (exact) mass is 275 g/mol. The molecule has 0 aliphatic rings. The Bertz CT molecular complexity index is 496. The standard InChI is InChI=1S/C11H14ClNO3S/c1-3-11(13-8(2)14)9-4-6-10(7-5-9)17(12,15)16/h4-7,11H,3H2,1-2H3,(H,13,14). The van der Waals surface area contributed by atoms with Crippen LogP contribution in [-0.2, 0) is 13.8 Å². The van der Waals surface area contributed by atoms with Crippen LogP contribution < -0.4 is 5.32 Å². The highest BCUT2D eigenvalue weighted by atomic mass is 35.7. The molecule has 0 aliphatic carbocycles. The van der Waals surface area contributed by atoms with Crippen molar-refractivity contribution in [2.24, 2.45) is 0 Å². The number of carbonyl (C=O) groups is 1. The molecule has 0 aliphatic heterocycles. The molecule has 0 radical (unpaired) electrons. The van der Waals surface area contributed by atoms with Crippen molar-refractivity contribution in [3.63, 3.8) is 0 Å². The van der Waals surface area contributed by atoms with Gasteiger partial charge in [-0.25, -0.2) is 8.42 Å². The maximum absolute atomic E-state index is 11.1. The fraction of sp³-hybridized carbons (Fsp3) is 0.364. The van der Waals surface area contributed by atoms with Gasteiger partial charge in [-0.3, -0.25) is 4.79 Å². The van der Waals surface area contributed by atoms with Crippen molar-refractivity contribution < 1.29 is 13.2 Å². The second kappa shape index (κ2) is 5.51. The predicted octanol–water partition coefficient (Wildman–Crippen LogP) is 2.20. The number of benzene rings is 1. The minimum Gasteiger partial charge on any atom is -0.350 e. The number of hydrogen-bond acceptors (Lipinski definition) is 3. The van der Waals surface area contributed by atoms with Crippen LogP contribution in [0.4, 0.5) is 0 Å². The molecule has 1 amide bonds. The van der Waals surface area contributed by atoms with Gasteiger partial charge in [0.25, 0.3) is 9.05 Å². The summed E-state index contributed by atoms with van der Waals surface area (Å²) in [5.74, 6) is -0.120. The van der Waals surface area contributed by atoms with E-state index in [1.807, 2.05) is 6.92 Å². The zero-order valence-corrected chi connectivity index (χ0v) is 11.2. The molecule has 0 aromatic heterocycles. The molecule has 1 aromatic rings. The normalized spacial score (nSPS) is 13.1. The maximum atomic E-state index is 11.1. The molecule has 0 saturated carbocycles. The molecule has 0 saturated heterocycles. The lowest BCUT2D eigenvalue weighted by Gasteiger charge is -2.16. The Morgan fingerprint density at radius 3 is 2.24 bits per heavy atom. The van der Waals surface area contributed by atoms with E-state index in [1.165, 1.54) is 19.1 Å². The minimum atomic E-state index is -3.69. The molecule has 0 heterocycles. The van der Waals surface area contributed by atoms with E-state index in [9.17, 15) is 13.2 Å². The Kier molecular flexibility index (Phi) is 4.54. The fourth-order valence-electron chi connectivity index (χ4n) is 1.53. The molecule has 94 valence electrons. The van der Waals surface area contributed by atoms with Crippen LogP contribution >= 0.6 is 10.7 Å². The van der Waals surface area contributed by atoms with Crippen LogP contribution in [0.3, 0.4) is 0 Å². The van der Waals surface area contributed by atoms with Crippen LogP contribution in [0.15, 0.2) is 29.2 Å². The summed E-state index contributed by atoms with van der Waals surface area (Å²) in [7, 11) is 1.52. The molecule has 1 atom stereocenters. The Balaban J connectivity index is 2.97. The largest absolute Gasteiger partial charge is 0.350 e. The molecule has 0 fully saturated rings. The van der Waals surface area contributed by atoms with Gasteiger partial charge < -0.3 is 5.32 Å². The first-order chi connectivity index (χ1) is 7.84. The lowest BCUT2D eigenvalue weighted by molar-refractivity contribution is -0.119. The second-order valence-corrected chi connectivity index (χ2v) is 6.23. The molecule has 1 rings (SSSR count). The summed E-state index contributed by atoms with van der Waals surface area (Å²) in [5, 5.41) is 2.78. The van der Waals surface area contributed by atoms with Gasteiger partial charge in [-0.05, 0) is 24.1 Å². The van der Waals surface area contributed by atoms with Crippen molar-refractivity contribution in [3.05, 3.63) is 29.8 Å². The van der Waals surface area contributed by atoms with E-state index < -0.39 is 9.05 Å². The Hall–Kier alpha value is -1.07. The highest BCUT2D eigenvalue weighted by Gasteiger charge is 2.13. The number of amides is 1. The molecule has 1 unspecified atom stereocenters. The minimum absolute atomic E-state index is 0.0561. The van der Waals surface area contributed by atoms with Crippen molar-refractivity contribution in [3.8, 4) is 0 Å². The highest BCUT2D eigenvalue weighted by Crippen LogP contribution is 2.20. The number of nitrogens with one attached hydrogen (secondary N) is 1. The smallest absolute Gasteiger partial charge is 0.261 e. The molecule has 1 N–H and O–H groups in total. The zero-order chi connectivity index (χ0) is 13.1. The Morgan fingerprint density at radius 2 is 1.88 bits per heavy atom. The van der Waals surface area contributed by atoms with E-state index in [2.05, 4.69) is 5.32 Å². The van der Waals surface area contributed by atoms with Crippen LogP contribution in [-0.4, -0.2) is 14.3 Å². The third-order valence-electron chi connectivity index (χ3n) is 2.35. The average molecular weight is 276 g/mol. The number of carbonyl (C=O) groups excluding carboxylic acids is 1. The van der Waals surface area contributed by atoms with Gasteiger partial charge in [0.2, 0.25) is 5.91 Å². The quantitative estimate of drug-likeness (QED) is 0.857. The number of hydrogen-bond donors (Lipinski definition) is 1. The first-order valence-corrected chi connectivity index (χ1v) is 7.47. The molecular weight excluding hydrogens is 262 g/mol. The van der Waals surface area contributed by atoms with Crippen LogP contribution in [0.5, 0.6) is 0 Å². The lowest BCUT2D eigenvalue weighted by Crippen LogP contribution is -2.25. The fourth-order valence-corrected chi connectivity index (χ4v) is 2.30. The summed E-state index contributed by atoms with van der Waals surface area (Å²) in [4.78, 5) is 11.0. The van der Waals surface area contributed by atoms with Crippen molar-refractivity contribution >= 4 is 25.6 Å². The van der Waals surface area contributed by atoms with Crippen molar-refractivity contribution in [2.45, 2.75) is 31.2 Å². The Morgan fingerprint density at radius 1 is 1.35 bits per heavy atom. The second-order valence-electron chi connectivity index (χ2n) is 3.67. The van der Waals surface area contributed by atoms with Gasteiger partial charge in [0.15, 0.2) is 0 Å². The van der Waals surface area contributed by atoms with Gasteiger partial charge in [-0.1, -0.05) is 19.1 Å². The van der Waals surface area contributed by atoms with E-state index in [1.54, 1.807) is 12.1 Å². The summed E-state index contributed by atoms with van der Waals surface area (Å²) in [6, 6.07) is 6.06. The molecule has 4 nitrogen and oxygen atoms in total. The van der Waals surface area contributed by atoms with E-state index in [0.29, 0.717) is 0 Å². The lowest BCUT2D eigenvalue weighted by atomic mass is 10.0. The van der Waals surface area contributed by atoms with Gasteiger partial charge in [0.05, 0.1) is 10.9 Å². The Labute approximate surface area is 105 Å². The molecule has 0 bridgehead atoms. The molecule has 6 heteroatoms. The van der Waals surface area contributed by atoms with Gasteiger partial charge in [0.1, 0.15) is 0 Å². The summed E-state index contributed by atoms with van der Waals surface area (Å²) >= 11 is 0. The van der Waals surface area contributed by atoms with E-state index >= 15 is 0 Å². The third-order valence-corrected chi connectivity index (χ3v) is 3.72. The molecular formula is C11H14ClNO3S. The van der Waals surface area contributed by atoms with Gasteiger partial charge in [-0.15, -0.1) is 0 Å². The molecule has 17 heavy (non-hydrogen) atoms. The van der Waals surface area contributed by atoms with Crippen LogP contribution in [0, 0.1) is 0 Å². The van der Waals surface area contributed by atoms with Crippen LogP contribution in [0.2, 0.25) is 0 Å². The average Bonchev–Trinajstić information content (AvgIpc) is 2.24. The molecule has 1 aromatic carbocycles. The van der Waals surface area contributed by atoms with E-state index in [0.717, 1.165) is 12.0 Å². The first-order valence-electron chi connectivity index (χ1n) is 5.16. The van der Waals surface area contributed by atoms with Crippen LogP contribution in [0.1, 0.15) is 31.9 Å². The maximum Gasteiger partial charge on any atom is 0.261 e. The topological polar surface area (TPSA) is 63.2 Å². The van der Waals surface area contributed by atoms with Gasteiger partial charge >= 0.3 is 0 Å². The van der Waals surface area contributed by atoms with Gasteiger partial charge in [0, 0.05) is 17.6 Å². The SMILES string of the molecule is CCC(NC(C)=O)c1ccc(S(=O)(=O)Cl)cc1. The van der Waals surface area contributed by atoms with E-state index in [4.69, 9.17) is 10.7 Å². The highest BCUT2D eigenvalue weighted by molar-refractivity contribution is 8.13. The van der Waals surface area contributed by atoms with Crippen molar-refractivity contribution in [2.75, 3.05) is 0 Å². The number of halogens is 1. The number of rotatable bonds is 4. The third kappa shape index (κ3) is 4.02. The van der Waals surface area contributed by atoms with Crippen molar-refractivity contribution in [1.82, 2.24) is 5.32 Å². The zero-order valence-electron chi connectivity index (χ0n) is 9.60. The summed E-state index contributed by atoms with van der Waals surface area (Å²) in [5.41, 5.74) is 0.853.